The molecule has 20 heavy (non-hydrogen) atoms. The van der Waals surface area contributed by atoms with Crippen molar-refractivity contribution >= 4 is 33.0 Å². The number of nitro groups is 1. The molecular weight excluding hydrogens is 304 g/mol. The second kappa shape index (κ2) is 5.48. The number of halogens is 1. The van der Waals surface area contributed by atoms with Crippen molar-refractivity contribution in [3.63, 3.8) is 0 Å². The van der Waals surface area contributed by atoms with Gasteiger partial charge in [0.05, 0.1) is 9.82 Å². The van der Waals surface area contributed by atoms with Gasteiger partial charge in [-0.3, -0.25) is 14.8 Å². The Morgan fingerprint density at radius 1 is 1.05 bits per heavy atom. The van der Waals surface area contributed by atoms with Crippen molar-refractivity contribution in [3.05, 3.63) is 63.7 Å². The Morgan fingerprint density at radius 2 is 1.65 bits per heavy atom. The highest BCUT2D eigenvalue weighted by molar-refractivity contribution is 7.92. The zero-order valence-electron chi connectivity index (χ0n) is 9.99. The summed E-state index contributed by atoms with van der Waals surface area (Å²) in [7, 11) is -3.90. The van der Waals surface area contributed by atoms with Gasteiger partial charge in [-0.05, 0) is 30.3 Å². The number of para-hydroxylation sites is 2. The minimum Gasteiger partial charge on any atom is -0.273 e. The summed E-state index contributed by atoms with van der Waals surface area (Å²) in [5.41, 5.74) is -0.405. The fraction of sp³-hybridized carbons (Fsp3) is 0. The minimum absolute atomic E-state index is 0.0277. The first kappa shape index (κ1) is 14.3. The molecule has 0 aromatic heterocycles. The molecule has 0 saturated carbocycles. The van der Waals surface area contributed by atoms with Gasteiger partial charge in [0.1, 0.15) is 5.69 Å². The summed E-state index contributed by atoms with van der Waals surface area (Å²) in [5.74, 6) is 0. The van der Waals surface area contributed by atoms with Crippen molar-refractivity contribution in [2.75, 3.05) is 4.72 Å². The highest BCUT2D eigenvalue weighted by atomic mass is 35.5. The summed E-state index contributed by atoms with van der Waals surface area (Å²) in [4.78, 5) is 10.2. The molecule has 2 rings (SSSR count). The van der Waals surface area contributed by atoms with Crippen LogP contribution in [0.3, 0.4) is 0 Å². The number of nitrogens with zero attached hydrogens (tertiary/aromatic N) is 1. The summed E-state index contributed by atoms with van der Waals surface area (Å²) in [5, 5.41) is 11.2. The Kier molecular flexibility index (Phi) is 3.91. The fourth-order valence-electron chi connectivity index (χ4n) is 1.54. The van der Waals surface area contributed by atoms with Crippen LogP contribution in [0, 0.1) is 10.1 Å². The molecule has 0 aliphatic heterocycles. The van der Waals surface area contributed by atoms with Gasteiger partial charge in [0.2, 0.25) is 0 Å². The molecule has 0 saturated heterocycles. The third-order valence-electron chi connectivity index (χ3n) is 2.47. The van der Waals surface area contributed by atoms with E-state index in [1.54, 1.807) is 0 Å². The number of nitro benzene ring substituents is 1. The van der Waals surface area contributed by atoms with E-state index in [4.69, 9.17) is 11.6 Å². The molecule has 0 amide bonds. The second-order valence-electron chi connectivity index (χ2n) is 3.83. The van der Waals surface area contributed by atoms with Crippen LogP contribution in [-0.2, 0) is 10.0 Å². The molecule has 0 spiro atoms. The van der Waals surface area contributed by atoms with E-state index < -0.39 is 14.9 Å². The summed E-state index contributed by atoms with van der Waals surface area (Å²) in [6.07, 6.45) is 0. The molecule has 0 heterocycles. The number of benzene rings is 2. The van der Waals surface area contributed by atoms with Gasteiger partial charge < -0.3 is 0 Å². The standard InChI is InChI=1S/C12H9ClN2O4S/c13-9-5-7-10(8-6-9)20(18,19)14-11-3-1-2-4-12(11)15(16)17/h1-8,14H. The zero-order chi connectivity index (χ0) is 14.8. The van der Waals surface area contributed by atoms with Crippen molar-refractivity contribution in [2.45, 2.75) is 4.90 Å². The lowest BCUT2D eigenvalue weighted by Gasteiger charge is -2.08. The lowest BCUT2D eigenvalue weighted by molar-refractivity contribution is -0.383. The first-order chi connectivity index (χ1) is 9.40. The molecule has 0 radical (unpaired) electrons. The molecule has 104 valence electrons. The van der Waals surface area contributed by atoms with Crippen molar-refractivity contribution in [3.8, 4) is 0 Å². The predicted molar refractivity (Wildman–Crippen MR) is 75.4 cm³/mol. The molecule has 0 aliphatic carbocycles. The van der Waals surface area contributed by atoms with Crippen molar-refractivity contribution in [2.24, 2.45) is 0 Å². The second-order valence-corrected chi connectivity index (χ2v) is 5.95. The number of anilines is 1. The van der Waals surface area contributed by atoms with Gasteiger partial charge in [-0.15, -0.1) is 0 Å². The Hall–Kier alpha value is -2.12. The maximum Gasteiger partial charge on any atom is 0.293 e. The van der Waals surface area contributed by atoms with Gasteiger partial charge in [-0.1, -0.05) is 23.7 Å². The summed E-state index contributed by atoms with van der Waals surface area (Å²) in [6.45, 7) is 0. The quantitative estimate of drug-likeness (QED) is 0.694. The van der Waals surface area contributed by atoms with Crippen LogP contribution in [0.15, 0.2) is 53.4 Å². The molecule has 2 aromatic carbocycles. The van der Waals surface area contributed by atoms with Gasteiger partial charge in [0.15, 0.2) is 0 Å². The third kappa shape index (κ3) is 3.06. The van der Waals surface area contributed by atoms with Gasteiger partial charge in [0, 0.05) is 11.1 Å². The Balaban J connectivity index is 2.38. The highest BCUT2D eigenvalue weighted by Crippen LogP contribution is 2.26. The van der Waals surface area contributed by atoms with Crippen LogP contribution >= 0.6 is 11.6 Å². The van der Waals surface area contributed by atoms with Crippen LogP contribution in [0.4, 0.5) is 11.4 Å². The van der Waals surface area contributed by atoms with Crippen LogP contribution < -0.4 is 4.72 Å². The van der Waals surface area contributed by atoms with Crippen molar-refractivity contribution < 1.29 is 13.3 Å². The zero-order valence-corrected chi connectivity index (χ0v) is 11.6. The highest BCUT2D eigenvalue weighted by Gasteiger charge is 2.20. The number of nitrogens with one attached hydrogen (secondary N) is 1. The average molecular weight is 313 g/mol. The molecule has 0 fully saturated rings. The molecule has 0 aliphatic rings. The molecular formula is C12H9ClN2O4S. The normalized spacial score (nSPS) is 11.1. The molecule has 6 nitrogen and oxygen atoms in total. The van der Waals surface area contributed by atoms with Crippen molar-refractivity contribution in [1.82, 2.24) is 0 Å². The summed E-state index contributed by atoms with van der Waals surface area (Å²) >= 11 is 5.68. The van der Waals surface area contributed by atoms with E-state index in [2.05, 4.69) is 4.72 Å². The smallest absolute Gasteiger partial charge is 0.273 e. The van der Waals surface area contributed by atoms with Crippen molar-refractivity contribution in [1.29, 1.82) is 0 Å². The van der Waals surface area contributed by atoms with Gasteiger partial charge in [-0.25, -0.2) is 8.42 Å². The van der Waals surface area contributed by atoms with Gasteiger partial charge in [-0.2, -0.15) is 0 Å². The first-order valence-corrected chi connectivity index (χ1v) is 7.28. The minimum atomic E-state index is -3.90. The van der Waals surface area contributed by atoms with Gasteiger partial charge in [0.25, 0.3) is 15.7 Å². The van der Waals surface area contributed by atoms with E-state index in [1.807, 2.05) is 0 Å². The Morgan fingerprint density at radius 3 is 2.25 bits per heavy atom. The van der Waals surface area contributed by atoms with Crippen LogP contribution in [0.5, 0.6) is 0 Å². The summed E-state index contributed by atoms with van der Waals surface area (Å²) < 4.78 is 26.4. The number of hydrogen-bond acceptors (Lipinski definition) is 4. The van der Waals surface area contributed by atoms with Crippen LogP contribution in [0.2, 0.25) is 5.02 Å². The van der Waals surface area contributed by atoms with E-state index in [-0.39, 0.29) is 16.3 Å². The fourth-order valence-corrected chi connectivity index (χ4v) is 2.74. The lowest BCUT2D eigenvalue weighted by atomic mass is 10.3. The molecule has 0 atom stereocenters. The van der Waals surface area contributed by atoms with E-state index in [9.17, 15) is 18.5 Å². The van der Waals surface area contributed by atoms with Crippen LogP contribution in [0.1, 0.15) is 0 Å². The Bertz CT molecular complexity index is 744. The maximum absolute atomic E-state index is 12.1. The maximum atomic E-state index is 12.1. The molecule has 2 aromatic rings. The van der Waals surface area contributed by atoms with E-state index in [0.717, 1.165) is 0 Å². The first-order valence-electron chi connectivity index (χ1n) is 5.42. The molecule has 1 N–H and O–H groups in total. The molecule has 0 unspecified atom stereocenters. The van der Waals surface area contributed by atoms with E-state index in [1.165, 1.54) is 48.5 Å². The average Bonchev–Trinajstić information content (AvgIpc) is 2.39. The Labute approximate surface area is 120 Å². The van der Waals surface area contributed by atoms with E-state index in [0.29, 0.717) is 5.02 Å². The number of rotatable bonds is 4. The predicted octanol–water partition coefficient (Wildman–Crippen LogP) is 3.05. The SMILES string of the molecule is O=[N+]([O-])c1ccccc1NS(=O)(=O)c1ccc(Cl)cc1. The molecule has 0 bridgehead atoms. The number of sulfonamides is 1. The van der Waals surface area contributed by atoms with Crippen LogP contribution in [-0.4, -0.2) is 13.3 Å². The van der Waals surface area contributed by atoms with E-state index >= 15 is 0 Å². The lowest BCUT2D eigenvalue weighted by Crippen LogP contribution is -2.13. The largest absolute Gasteiger partial charge is 0.293 e. The van der Waals surface area contributed by atoms with Gasteiger partial charge >= 0.3 is 0 Å². The molecule has 8 heteroatoms. The topological polar surface area (TPSA) is 89.3 Å². The number of hydrogen-bond donors (Lipinski definition) is 1. The van der Waals surface area contributed by atoms with Crippen LogP contribution in [0.25, 0.3) is 0 Å². The monoisotopic (exact) mass is 312 g/mol. The third-order valence-corrected chi connectivity index (χ3v) is 4.10. The summed E-state index contributed by atoms with van der Waals surface area (Å²) in [6, 6.07) is 11.0.